The van der Waals surface area contributed by atoms with Crippen LogP contribution in [0.25, 0.3) is 0 Å². The Balaban J connectivity index is 2.21. The van der Waals surface area contributed by atoms with Crippen LogP contribution >= 0.6 is 22.6 Å². The van der Waals surface area contributed by atoms with Crippen molar-refractivity contribution < 1.29 is 22.8 Å². The number of sulfone groups is 1. The number of nitrogens with one attached hydrogen (secondary N) is 1. The Kier molecular flexibility index (Phi) is 5.19. The molecule has 7 heteroatoms. The van der Waals surface area contributed by atoms with E-state index in [0.29, 0.717) is 29.8 Å². The Bertz CT molecular complexity index is 365. The third-order valence-electron chi connectivity index (χ3n) is 2.44. The van der Waals surface area contributed by atoms with Crippen molar-refractivity contribution >= 4 is 38.4 Å². The van der Waals surface area contributed by atoms with Gasteiger partial charge in [0.25, 0.3) is 0 Å². The first-order valence-electron chi connectivity index (χ1n) is 4.96. The van der Waals surface area contributed by atoms with Gasteiger partial charge in [-0.3, -0.25) is 0 Å². The van der Waals surface area contributed by atoms with E-state index in [0.717, 1.165) is 0 Å². The number of carbonyl (C=O) groups excluding carboxylic acids is 1. The molecule has 1 N–H and O–H groups in total. The van der Waals surface area contributed by atoms with Crippen molar-refractivity contribution in [3.05, 3.63) is 10.2 Å². The molecule has 0 aromatic heterocycles. The number of ether oxygens (including phenoxy) is 1. The molecule has 0 aromatic carbocycles. The summed E-state index contributed by atoms with van der Waals surface area (Å²) in [7, 11) is -2.81. The van der Waals surface area contributed by atoms with Gasteiger partial charge in [-0.15, -0.1) is 0 Å². The van der Waals surface area contributed by atoms with E-state index in [-0.39, 0.29) is 11.5 Å². The van der Waals surface area contributed by atoms with Gasteiger partial charge < -0.3 is 9.64 Å². The lowest BCUT2D eigenvalue weighted by molar-refractivity contribution is -0.896. The Morgan fingerprint density at radius 1 is 1.38 bits per heavy atom. The minimum absolute atomic E-state index is 0.231. The van der Waals surface area contributed by atoms with E-state index in [4.69, 9.17) is 4.74 Å². The van der Waals surface area contributed by atoms with Crippen LogP contribution < -0.4 is 4.90 Å². The normalized spacial score (nSPS) is 20.3. The van der Waals surface area contributed by atoms with Crippen LogP contribution in [0, 0.1) is 0 Å². The van der Waals surface area contributed by atoms with Crippen molar-refractivity contribution in [2.75, 3.05) is 37.7 Å². The number of rotatable bonds is 4. The standard InChI is InChI=1S/C9H14INO4S/c1-8(10)9(12)15-5-2-11-3-6-16(13,14)7-4-11/h1-7H2/p+1. The molecule has 1 heterocycles. The fourth-order valence-electron chi connectivity index (χ4n) is 1.44. The molecule has 0 radical (unpaired) electrons. The second-order valence-electron chi connectivity index (χ2n) is 3.69. The van der Waals surface area contributed by atoms with Crippen molar-refractivity contribution in [3.63, 3.8) is 0 Å². The molecule has 0 saturated carbocycles. The zero-order valence-corrected chi connectivity index (χ0v) is 11.8. The van der Waals surface area contributed by atoms with Gasteiger partial charge in [-0.05, 0) is 22.6 Å². The van der Waals surface area contributed by atoms with E-state index in [9.17, 15) is 13.2 Å². The third-order valence-corrected chi connectivity index (χ3v) is 4.54. The summed E-state index contributed by atoms with van der Waals surface area (Å²) < 4.78 is 27.6. The van der Waals surface area contributed by atoms with Crippen LogP contribution in [-0.4, -0.2) is 52.1 Å². The van der Waals surface area contributed by atoms with Crippen LogP contribution in [0.2, 0.25) is 0 Å². The zero-order valence-electron chi connectivity index (χ0n) is 8.87. The van der Waals surface area contributed by atoms with E-state index in [1.807, 2.05) is 22.6 Å². The number of carbonyl (C=O) groups is 1. The van der Waals surface area contributed by atoms with Gasteiger partial charge in [-0.1, -0.05) is 6.58 Å². The van der Waals surface area contributed by atoms with Gasteiger partial charge in [0.2, 0.25) is 0 Å². The summed E-state index contributed by atoms with van der Waals surface area (Å²) in [5.74, 6) is 0.0644. The smallest absolute Gasteiger partial charge is 0.343 e. The quantitative estimate of drug-likeness (QED) is 0.388. The Morgan fingerprint density at radius 2 is 1.94 bits per heavy atom. The molecule has 0 spiro atoms. The Morgan fingerprint density at radius 3 is 2.44 bits per heavy atom. The minimum Gasteiger partial charge on any atom is -0.456 e. The predicted molar refractivity (Wildman–Crippen MR) is 68.3 cm³/mol. The van der Waals surface area contributed by atoms with Crippen LogP contribution in [0.5, 0.6) is 0 Å². The summed E-state index contributed by atoms with van der Waals surface area (Å²) in [4.78, 5) is 12.2. The Hall–Kier alpha value is -0.150. The molecule has 0 atom stereocenters. The average molecular weight is 360 g/mol. The van der Waals surface area contributed by atoms with Gasteiger partial charge >= 0.3 is 5.97 Å². The van der Waals surface area contributed by atoms with Crippen LogP contribution in [0.15, 0.2) is 10.2 Å². The largest absolute Gasteiger partial charge is 0.456 e. The van der Waals surface area contributed by atoms with Gasteiger partial charge in [0.05, 0.1) is 28.2 Å². The van der Waals surface area contributed by atoms with E-state index in [2.05, 4.69) is 6.58 Å². The monoisotopic (exact) mass is 360 g/mol. The fourth-order valence-corrected chi connectivity index (χ4v) is 3.00. The molecule has 16 heavy (non-hydrogen) atoms. The molecule has 1 saturated heterocycles. The van der Waals surface area contributed by atoms with Gasteiger partial charge in [0.1, 0.15) is 13.2 Å². The van der Waals surface area contributed by atoms with Gasteiger partial charge in [-0.25, -0.2) is 13.2 Å². The molecule has 1 aliphatic heterocycles. The first-order chi connectivity index (χ1) is 7.41. The molecular weight excluding hydrogens is 345 g/mol. The molecule has 1 fully saturated rings. The lowest BCUT2D eigenvalue weighted by atomic mass is 10.5. The maximum absolute atomic E-state index is 11.2. The minimum atomic E-state index is -2.81. The van der Waals surface area contributed by atoms with Gasteiger partial charge in [-0.2, -0.15) is 0 Å². The summed E-state index contributed by atoms with van der Waals surface area (Å²) in [6, 6.07) is 0. The lowest BCUT2D eigenvalue weighted by Crippen LogP contribution is -3.14. The molecule has 92 valence electrons. The number of hydrogen-bond acceptors (Lipinski definition) is 4. The van der Waals surface area contributed by atoms with E-state index < -0.39 is 15.8 Å². The predicted octanol–water partition coefficient (Wildman–Crippen LogP) is -1.21. The van der Waals surface area contributed by atoms with E-state index >= 15 is 0 Å². The first kappa shape index (κ1) is 13.9. The molecular formula is C9H15INO4S+. The molecule has 0 aliphatic carbocycles. The summed E-state index contributed by atoms with van der Waals surface area (Å²) >= 11 is 1.81. The summed E-state index contributed by atoms with van der Waals surface area (Å²) in [5, 5.41) is 0. The Labute approximate surface area is 109 Å². The molecule has 0 unspecified atom stereocenters. The highest BCUT2D eigenvalue weighted by molar-refractivity contribution is 14.1. The van der Waals surface area contributed by atoms with Crippen LogP contribution in [0.4, 0.5) is 0 Å². The molecule has 0 aromatic rings. The maximum atomic E-state index is 11.2. The fraction of sp³-hybridized carbons (Fsp3) is 0.667. The molecule has 1 aliphatic rings. The van der Waals surface area contributed by atoms with Crippen LogP contribution in [-0.2, 0) is 19.4 Å². The van der Waals surface area contributed by atoms with Crippen molar-refractivity contribution in [3.8, 4) is 0 Å². The number of halogens is 1. The highest BCUT2D eigenvalue weighted by atomic mass is 127. The number of esters is 1. The number of hydrogen-bond donors (Lipinski definition) is 1. The third kappa shape index (κ3) is 4.79. The van der Waals surface area contributed by atoms with Crippen molar-refractivity contribution in [1.29, 1.82) is 0 Å². The zero-order chi connectivity index (χ0) is 12.2. The highest BCUT2D eigenvalue weighted by Crippen LogP contribution is 2.03. The van der Waals surface area contributed by atoms with Crippen molar-refractivity contribution in [2.24, 2.45) is 0 Å². The van der Waals surface area contributed by atoms with Crippen LogP contribution in [0.3, 0.4) is 0 Å². The van der Waals surface area contributed by atoms with Crippen molar-refractivity contribution in [2.45, 2.75) is 0 Å². The highest BCUT2D eigenvalue weighted by Gasteiger charge is 2.24. The first-order valence-corrected chi connectivity index (χ1v) is 7.86. The number of quaternary nitrogens is 1. The SMILES string of the molecule is C=C(I)C(=O)OCC[NH+]1CCS(=O)(=O)CC1. The second kappa shape index (κ2) is 5.97. The summed E-state index contributed by atoms with van der Waals surface area (Å²) in [6.45, 7) is 5.64. The molecule has 0 amide bonds. The van der Waals surface area contributed by atoms with Gasteiger partial charge in [0.15, 0.2) is 9.84 Å². The lowest BCUT2D eigenvalue weighted by Gasteiger charge is -2.23. The molecule has 5 nitrogen and oxygen atoms in total. The molecule has 0 bridgehead atoms. The van der Waals surface area contributed by atoms with Crippen LogP contribution in [0.1, 0.15) is 0 Å². The second-order valence-corrected chi connectivity index (χ2v) is 7.30. The van der Waals surface area contributed by atoms with Crippen molar-refractivity contribution in [1.82, 2.24) is 0 Å². The summed E-state index contributed by atoms with van der Waals surface area (Å²) in [5.41, 5.74) is 0. The maximum Gasteiger partial charge on any atom is 0.343 e. The van der Waals surface area contributed by atoms with E-state index in [1.165, 1.54) is 4.90 Å². The topological polar surface area (TPSA) is 64.9 Å². The molecule has 1 rings (SSSR count). The van der Waals surface area contributed by atoms with E-state index in [1.54, 1.807) is 0 Å². The van der Waals surface area contributed by atoms with Gasteiger partial charge in [0, 0.05) is 0 Å². The average Bonchev–Trinajstić information content (AvgIpc) is 2.20. The summed E-state index contributed by atoms with van der Waals surface area (Å²) in [6.07, 6.45) is 0.